The molecule has 1 aromatic carbocycles. The molecule has 1 aromatic rings. The highest BCUT2D eigenvalue weighted by molar-refractivity contribution is 5.95. The SMILES string of the molecule is CN(C)C1CCN(c2c(F)cc(C(=N)N)cc2F)C1. The minimum absolute atomic E-state index is 0.0191. The van der Waals surface area contributed by atoms with Gasteiger partial charge in [-0.25, -0.2) is 8.78 Å². The van der Waals surface area contributed by atoms with Crippen LogP contribution in [0.2, 0.25) is 0 Å². The lowest BCUT2D eigenvalue weighted by atomic mass is 10.1. The van der Waals surface area contributed by atoms with Crippen molar-refractivity contribution in [1.29, 1.82) is 5.41 Å². The summed E-state index contributed by atoms with van der Waals surface area (Å²) >= 11 is 0. The largest absolute Gasteiger partial charge is 0.384 e. The van der Waals surface area contributed by atoms with E-state index >= 15 is 0 Å². The van der Waals surface area contributed by atoms with E-state index in [0.29, 0.717) is 19.1 Å². The van der Waals surface area contributed by atoms with E-state index < -0.39 is 11.6 Å². The fourth-order valence-corrected chi connectivity index (χ4v) is 2.39. The van der Waals surface area contributed by atoms with E-state index in [0.717, 1.165) is 18.6 Å². The number of likely N-dealkylation sites (N-methyl/N-ethyl adjacent to an activating group) is 1. The number of nitrogens with one attached hydrogen (secondary N) is 1. The Kier molecular flexibility index (Phi) is 3.71. The van der Waals surface area contributed by atoms with Gasteiger partial charge in [-0.05, 0) is 32.6 Å². The lowest BCUT2D eigenvalue weighted by Gasteiger charge is -2.23. The summed E-state index contributed by atoms with van der Waals surface area (Å²) in [5, 5.41) is 7.22. The molecule has 4 nitrogen and oxygen atoms in total. The predicted molar refractivity (Wildman–Crippen MR) is 71.7 cm³/mol. The van der Waals surface area contributed by atoms with Gasteiger partial charge in [-0.2, -0.15) is 0 Å². The first-order valence-corrected chi connectivity index (χ1v) is 6.15. The number of nitrogen functional groups attached to an aromatic ring is 1. The fraction of sp³-hybridized carbons (Fsp3) is 0.462. The predicted octanol–water partition coefficient (Wildman–Crippen LogP) is 1.39. The second-order valence-corrected chi connectivity index (χ2v) is 5.05. The van der Waals surface area contributed by atoms with Gasteiger partial charge in [0.25, 0.3) is 0 Å². The molecule has 6 heteroatoms. The zero-order chi connectivity index (χ0) is 14.2. The number of anilines is 1. The molecule has 0 spiro atoms. The molecule has 1 atom stereocenters. The monoisotopic (exact) mass is 268 g/mol. The van der Waals surface area contributed by atoms with Gasteiger partial charge in [-0.15, -0.1) is 0 Å². The molecule has 3 N–H and O–H groups in total. The third kappa shape index (κ3) is 2.68. The van der Waals surface area contributed by atoms with E-state index in [1.54, 1.807) is 4.90 Å². The Morgan fingerprint density at radius 1 is 1.37 bits per heavy atom. The van der Waals surface area contributed by atoms with Crippen molar-refractivity contribution in [2.45, 2.75) is 12.5 Å². The topological polar surface area (TPSA) is 56.4 Å². The Morgan fingerprint density at radius 2 is 1.95 bits per heavy atom. The average Bonchev–Trinajstić information content (AvgIpc) is 2.77. The highest BCUT2D eigenvalue weighted by Crippen LogP contribution is 2.28. The van der Waals surface area contributed by atoms with Gasteiger partial charge in [0.1, 0.15) is 23.2 Å². The van der Waals surface area contributed by atoms with E-state index in [1.165, 1.54) is 0 Å². The van der Waals surface area contributed by atoms with Gasteiger partial charge in [0.15, 0.2) is 0 Å². The minimum Gasteiger partial charge on any atom is -0.384 e. The van der Waals surface area contributed by atoms with Gasteiger partial charge in [0.2, 0.25) is 0 Å². The highest BCUT2D eigenvalue weighted by Gasteiger charge is 2.28. The summed E-state index contributed by atoms with van der Waals surface area (Å²) in [7, 11) is 3.92. The average molecular weight is 268 g/mol. The van der Waals surface area contributed by atoms with Crippen molar-refractivity contribution < 1.29 is 8.78 Å². The number of rotatable bonds is 3. The maximum Gasteiger partial charge on any atom is 0.150 e. The Labute approximate surface area is 111 Å². The van der Waals surface area contributed by atoms with E-state index in [2.05, 4.69) is 4.90 Å². The van der Waals surface area contributed by atoms with Crippen molar-refractivity contribution in [3.05, 3.63) is 29.3 Å². The molecule has 1 aliphatic rings. The van der Waals surface area contributed by atoms with E-state index in [4.69, 9.17) is 11.1 Å². The normalized spacial score (nSPS) is 19.2. The van der Waals surface area contributed by atoms with E-state index in [-0.39, 0.29) is 17.1 Å². The van der Waals surface area contributed by atoms with Crippen LogP contribution in [0.3, 0.4) is 0 Å². The molecule has 1 saturated heterocycles. The van der Waals surface area contributed by atoms with E-state index in [9.17, 15) is 8.78 Å². The van der Waals surface area contributed by atoms with Gasteiger partial charge in [0, 0.05) is 24.7 Å². The summed E-state index contributed by atoms with van der Waals surface area (Å²) in [6, 6.07) is 2.53. The summed E-state index contributed by atoms with van der Waals surface area (Å²) in [6.45, 7) is 1.22. The highest BCUT2D eigenvalue weighted by atomic mass is 19.1. The quantitative estimate of drug-likeness (QED) is 0.643. The molecule has 1 fully saturated rings. The molecular formula is C13H18F2N4. The van der Waals surface area contributed by atoms with Crippen molar-refractivity contribution in [1.82, 2.24) is 4.90 Å². The molecule has 0 aromatic heterocycles. The van der Waals surface area contributed by atoms with Crippen molar-refractivity contribution in [2.24, 2.45) is 5.73 Å². The second kappa shape index (κ2) is 5.13. The smallest absolute Gasteiger partial charge is 0.150 e. The first-order valence-electron chi connectivity index (χ1n) is 6.15. The maximum atomic E-state index is 14.0. The number of nitrogens with zero attached hydrogens (tertiary/aromatic N) is 2. The molecule has 0 saturated carbocycles. The number of benzene rings is 1. The molecule has 19 heavy (non-hydrogen) atoms. The van der Waals surface area contributed by atoms with Crippen LogP contribution in [0.15, 0.2) is 12.1 Å². The lowest BCUT2D eigenvalue weighted by molar-refractivity contribution is 0.315. The third-order valence-electron chi connectivity index (χ3n) is 3.54. The molecule has 1 unspecified atom stereocenters. The van der Waals surface area contributed by atoms with Gasteiger partial charge in [-0.1, -0.05) is 0 Å². The van der Waals surface area contributed by atoms with Gasteiger partial charge in [0.05, 0.1) is 0 Å². The molecule has 2 rings (SSSR count). The standard InChI is InChI=1S/C13H18F2N4/c1-18(2)9-3-4-19(7-9)12-10(14)5-8(13(16)17)6-11(12)15/h5-6,9H,3-4,7H2,1-2H3,(H3,16,17). The maximum absolute atomic E-state index is 14.0. The molecule has 104 valence electrons. The Morgan fingerprint density at radius 3 is 2.37 bits per heavy atom. The summed E-state index contributed by atoms with van der Waals surface area (Å²) < 4.78 is 28.0. The molecular weight excluding hydrogens is 250 g/mol. The zero-order valence-corrected chi connectivity index (χ0v) is 11.1. The molecule has 0 radical (unpaired) electrons. The first-order chi connectivity index (χ1) is 8.90. The second-order valence-electron chi connectivity index (χ2n) is 5.05. The summed E-state index contributed by atoms with van der Waals surface area (Å²) in [6.07, 6.45) is 0.875. The molecule has 1 heterocycles. The first kappa shape index (κ1) is 13.7. The van der Waals surface area contributed by atoms with Crippen LogP contribution in [0.1, 0.15) is 12.0 Å². The van der Waals surface area contributed by atoms with Crippen molar-refractivity contribution in [2.75, 3.05) is 32.1 Å². The van der Waals surface area contributed by atoms with Crippen LogP contribution in [0.25, 0.3) is 0 Å². The summed E-state index contributed by atoms with van der Waals surface area (Å²) in [5.74, 6) is -1.66. The minimum atomic E-state index is -0.662. The number of amidine groups is 1. The molecule has 0 amide bonds. The van der Waals surface area contributed by atoms with Crippen LogP contribution in [0, 0.1) is 17.0 Å². The van der Waals surface area contributed by atoms with Crippen LogP contribution in [-0.2, 0) is 0 Å². The Hall–Kier alpha value is -1.69. The van der Waals surface area contributed by atoms with Crippen molar-refractivity contribution in [3.63, 3.8) is 0 Å². The van der Waals surface area contributed by atoms with E-state index in [1.807, 2.05) is 14.1 Å². The van der Waals surface area contributed by atoms with Gasteiger partial charge < -0.3 is 15.5 Å². The van der Waals surface area contributed by atoms with Crippen molar-refractivity contribution >= 4 is 11.5 Å². The van der Waals surface area contributed by atoms with Crippen LogP contribution >= 0.6 is 0 Å². The molecule has 0 bridgehead atoms. The summed E-state index contributed by atoms with van der Waals surface area (Å²) in [4.78, 5) is 3.76. The fourth-order valence-electron chi connectivity index (χ4n) is 2.39. The molecule has 1 aliphatic heterocycles. The van der Waals surface area contributed by atoms with Crippen LogP contribution in [0.4, 0.5) is 14.5 Å². The van der Waals surface area contributed by atoms with Crippen LogP contribution in [0.5, 0.6) is 0 Å². The number of halogens is 2. The lowest BCUT2D eigenvalue weighted by Crippen LogP contribution is -2.32. The molecule has 0 aliphatic carbocycles. The zero-order valence-electron chi connectivity index (χ0n) is 11.1. The summed E-state index contributed by atoms with van der Waals surface area (Å²) in [5.41, 5.74) is 5.30. The van der Waals surface area contributed by atoms with Gasteiger partial charge >= 0.3 is 0 Å². The number of nitrogens with two attached hydrogens (primary N) is 1. The van der Waals surface area contributed by atoms with Crippen molar-refractivity contribution in [3.8, 4) is 0 Å². The third-order valence-corrected chi connectivity index (χ3v) is 3.54. The number of hydrogen-bond donors (Lipinski definition) is 2. The van der Waals surface area contributed by atoms with Crippen LogP contribution < -0.4 is 10.6 Å². The van der Waals surface area contributed by atoms with Crippen LogP contribution in [-0.4, -0.2) is 44.0 Å². The van der Waals surface area contributed by atoms with Gasteiger partial charge in [-0.3, -0.25) is 5.41 Å². The Bertz CT molecular complexity index is 478. The number of hydrogen-bond acceptors (Lipinski definition) is 3. The Balaban J connectivity index is 2.29.